The number of carbonyl (C=O) groups is 1. The number of hydrogen-bond acceptors (Lipinski definition) is 5. The number of thiocarbonyl (C=S) groups is 1. The number of halogens is 1. The topological polar surface area (TPSA) is 53.8 Å². The van der Waals surface area contributed by atoms with E-state index in [4.69, 9.17) is 29.1 Å². The molecule has 2 saturated heterocycles. The summed E-state index contributed by atoms with van der Waals surface area (Å²) in [6.45, 7) is 13.6. The van der Waals surface area contributed by atoms with Crippen LogP contribution in [0.3, 0.4) is 0 Å². The molecule has 2 aliphatic rings. The molecular formula is C26H30ClN5OS. The van der Waals surface area contributed by atoms with Gasteiger partial charge in [-0.25, -0.2) is 0 Å². The zero-order chi connectivity index (χ0) is 24.6. The Hall–Kier alpha value is -2.66. The Morgan fingerprint density at radius 1 is 1.03 bits per heavy atom. The fourth-order valence-corrected chi connectivity index (χ4v) is 5.45. The lowest BCUT2D eigenvalue weighted by Gasteiger charge is -2.37. The maximum Gasteiger partial charge on any atom is 0.259 e. The van der Waals surface area contributed by atoms with Gasteiger partial charge in [0.2, 0.25) is 0 Å². The molecule has 2 aliphatic heterocycles. The van der Waals surface area contributed by atoms with Gasteiger partial charge in [0, 0.05) is 44.1 Å². The third-order valence-corrected chi connectivity index (χ3v) is 7.15. The number of amides is 1. The first kappa shape index (κ1) is 24.5. The van der Waals surface area contributed by atoms with Crippen LogP contribution in [-0.2, 0) is 4.79 Å². The normalized spacial score (nSPS) is 18.7. The van der Waals surface area contributed by atoms with E-state index in [1.165, 1.54) is 10.6 Å². The van der Waals surface area contributed by atoms with Crippen molar-refractivity contribution in [3.63, 3.8) is 0 Å². The molecule has 2 heterocycles. The number of nitriles is 1. The van der Waals surface area contributed by atoms with Crippen LogP contribution >= 0.6 is 23.8 Å². The number of piperazine rings is 1. The van der Waals surface area contributed by atoms with Crippen LogP contribution in [0.2, 0.25) is 5.02 Å². The molecule has 2 aromatic carbocycles. The minimum Gasteiger partial charge on any atom is -0.369 e. The number of carbonyl (C=O) groups excluding carboxylic acids is 1. The molecule has 0 radical (unpaired) electrons. The second-order valence-corrected chi connectivity index (χ2v) is 10.6. The van der Waals surface area contributed by atoms with Crippen LogP contribution in [0.4, 0.5) is 17.1 Å². The van der Waals surface area contributed by atoms with E-state index in [2.05, 4.69) is 35.8 Å². The zero-order valence-corrected chi connectivity index (χ0v) is 21.7. The summed E-state index contributed by atoms with van der Waals surface area (Å²) < 4.78 is 0. The highest BCUT2D eigenvalue weighted by atomic mass is 35.5. The van der Waals surface area contributed by atoms with Crippen molar-refractivity contribution in [1.82, 2.24) is 4.90 Å². The van der Waals surface area contributed by atoms with E-state index in [1.54, 1.807) is 18.2 Å². The molecule has 0 bridgehead atoms. The average Bonchev–Trinajstić information content (AvgIpc) is 2.97. The van der Waals surface area contributed by atoms with Crippen molar-refractivity contribution in [3.8, 4) is 6.07 Å². The molecule has 34 heavy (non-hydrogen) atoms. The third-order valence-electron chi connectivity index (χ3n) is 6.47. The molecule has 4 rings (SSSR count). The van der Waals surface area contributed by atoms with E-state index >= 15 is 0 Å². The Labute approximate surface area is 212 Å². The Bertz CT molecular complexity index is 1130. The summed E-state index contributed by atoms with van der Waals surface area (Å²) in [7, 11) is 0. The summed E-state index contributed by atoms with van der Waals surface area (Å²) in [4.78, 5) is 21.7. The summed E-state index contributed by atoms with van der Waals surface area (Å²) in [5.74, 6) is 0.546. The van der Waals surface area contributed by atoms with E-state index in [0.29, 0.717) is 27.3 Å². The molecule has 0 unspecified atom stereocenters. The van der Waals surface area contributed by atoms with Gasteiger partial charge >= 0.3 is 0 Å². The van der Waals surface area contributed by atoms with Crippen LogP contribution in [0, 0.1) is 17.2 Å². The second-order valence-electron chi connectivity index (χ2n) is 9.79. The van der Waals surface area contributed by atoms with E-state index in [-0.39, 0.29) is 5.91 Å². The Morgan fingerprint density at radius 3 is 2.18 bits per heavy atom. The lowest BCUT2D eigenvalue weighted by molar-refractivity contribution is -0.120. The van der Waals surface area contributed by atoms with Crippen molar-refractivity contribution in [3.05, 3.63) is 53.1 Å². The van der Waals surface area contributed by atoms with Gasteiger partial charge in [-0.05, 0) is 74.4 Å². The number of anilines is 3. The quantitative estimate of drug-likeness (QED) is 0.549. The van der Waals surface area contributed by atoms with Crippen LogP contribution in [0.1, 0.15) is 33.3 Å². The minimum atomic E-state index is -0.860. The molecule has 8 heteroatoms. The number of hydrogen-bond donors (Lipinski definition) is 0. The number of nitrogens with zero attached hydrogens (tertiary/aromatic N) is 5. The van der Waals surface area contributed by atoms with Gasteiger partial charge in [-0.2, -0.15) is 5.26 Å². The van der Waals surface area contributed by atoms with Gasteiger partial charge in [0.25, 0.3) is 5.91 Å². The summed E-state index contributed by atoms with van der Waals surface area (Å²) in [5, 5.41) is 9.85. The molecule has 178 valence electrons. The zero-order valence-electron chi connectivity index (χ0n) is 20.1. The molecule has 6 nitrogen and oxygen atoms in total. The van der Waals surface area contributed by atoms with Crippen LogP contribution in [-0.4, -0.2) is 54.2 Å². The summed E-state index contributed by atoms with van der Waals surface area (Å²) in [6, 6.07) is 15.3. The molecule has 2 aromatic rings. The van der Waals surface area contributed by atoms with E-state index in [0.717, 1.165) is 38.4 Å². The standard InChI is InChI=1S/C26H30ClN5OS/c1-18(2)17-29-11-13-30(14-12-29)20-7-9-21(10-8-20)32-25(34)31(24(33)26(32,3)4)22-6-5-19(16-28)23(27)15-22/h5-10,15,18H,11-14,17H2,1-4H3. The molecule has 0 aromatic heterocycles. The van der Waals surface area contributed by atoms with Gasteiger partial charge in [-0.3, -0.25) is 14.6 Å². The highest BCUT2D eigenvalue weighted by Crippen LogP contribution is 2.38. The van der Waals surface area contributed by atoms with Crippen LogP contribution in [0.5, 0.6) is 0 Å². The second kappa shape index (κ2) is 9.53. The number of rotatable bonds is 5. The highest BCUT2D eigenvalue weighted by Gasteiger charge is 2.50. The Balaban J connectivity index is 1.54. The van der Waals surface area contributed by atoms with Crippen molar-refractivity contribution in [2.45, 2.75) is 33.2 Å². The molecule has 0 spiro atoms. The molecule has 0 N–H and O–H groups in total. The SMILES string of the molecule is CC(C)CN1CCN(c2ccc(N3C(=S)N(c4ccc(C#N)c(Cl)c4)C(=O)C3(C)C)cc2)CC1. The fraction of sp³-hybridized carbons (Fsp3) is 0.423. The predicted molar refractivity (Wildman–Crippen MR) is 143 cm³/mol. The van der Waals surface area contributed by atoms with E-state index < -0.39 is 5.54 Å². The molecule has 0 saturated carbocycles. The van der Waals surface area contributed by atoms with Gasteiger partial charge in [0.1, 0.15) is 11.6 Å². The largest absolute Gasteiger partial charge is 0.369 e. The lowest BCUT2D eigenvalue weighted by atomic mass is 10.0. The van der Waals surface area contributed by atoms with Crippen LogP contribution < -0.4 is 14.7 Å². The monoisotopic (exact) mass is 495 g/mol. The van der Waals surface area contributed by atoms with Gasteiger partial charge < -0.3 is 9.80 Å². The van der Waals surface area contributed by atoms with E-state index in [9.17, 15) is 4.79 Å². The average molecular weight is 496 g/mol. The van der Waals surface area contributed by atoms with Gasteiger partial charge in [0.15, 0.2) is 5.11 Å². The van der Waals surface area contributed by atoms with Crippen molar-refractivity contribution >= 4 is 51.9 Å². The molecular weight excluding hydrogens is 466 g/mol. The van der Waals surface area contributed by atoms with Crippen molar-refractivity contribution in [2.24, 2.45) is 5.92 Å². The maximum atomic E-state index is 13.4. The van der Waals surface area contributed by atoms with E-state index in [1.807, 2.05) is 36.9 Å². The van der Waals surface area contributed by atoms with Crippen LogP contribution in [0.25, 0.3) is 0 Å². The summed E-state index contributed by atoms with van der Waals surface area (Å²) in [5.41, 5.74) is 2.11. The lowest BCUT2D eigenvalue weighted by Crippen LogP contribution is -2.47. The van der Waals surface area contributed by atoms with Crippen molar-refractivity contribution in [2.75, 3.05) is 47.4 Å². The Morgan fingerprint density at radius 2 is 1.62 bits per heavy atom. The maximum absolute atomic E-state index is 13.4. The smallest absolute Gasteiger partial charge is 0.259 e. The predicted octanol–water partition coefficient (Wildman–Crippen LogP) is 4.91. The van der Waals surface area contributed by atoms with Gasteiger partial charge in [0.05, 0.1) is 16.3 Å². The first-order chi connectivity index (χ1) is 16.1. The number of benzene rings is 2. The Kier molecular flexibility index (Phi) is 6.86. The summed E-state index contributed by atoms with van der Waals surface area (Å²) >= 11 is 12.0. The van der Waals surface area contributed by atoms with Crippen molar-refractivity contribution < 1.29 is 4.79 Å². The highest BCUT2D eigenvalue weighted by molar-refractivity contribution is 7.81. The molecule has 1 amide bonds. The molecule has 0 atom stereocenters. The van der Waals surface area contributed by atoms with Gasteiger partial charge in [-0.1, -0.05) is 25.4 Å². The first-order valence-electron chi connectivity index (χ1n) is 11.6. The fourth-order valence-electron chi connectivity index (χ4n) is 4.71. The minimum absolute atomic E-state index is 0.136. The third kappa shape index (κ3) is 4.50. The first-order valence-corrected chi connectivity index (χ1v) is 12.4. The molecule has 2 fully saturated rings. The molecule has 0 aliphatic carbocycles. The van der Waals surface area contributed by atoms with Crippen molar-refractivity contribution in [1.29, 1.82) is 5.26 Å². The van der Waals surface area contributed by atoms with Gasteiger partial charge in [-0.15, -0.1) is 0 Å². The summed E-state index contributed by atoms with van der Waals surface area (Å²) in [6.07, 6.45) is 0. The van der Waals surface area contributed by atoms with Crippen LogP contribution in [0.15, 0.2) is 42.5 Å².